The molecule has 1 aliphatic rings. The summed E-state index contributed by atoms with van der Waals surface area (Å²) in [6, 6.07) is 22.8. The van der Waals surface area contributed by atoms with Crippen LogP contribution in [0.1, 0.15) is 36.0 Å². The van der Waals surface area contributed by atoms with E-state index in [4.69, 9.17) is 5.26 Å². The van der Waals surface area contributed by atoms with Crippen molar-refractivity contribution >= 4 is 11.8 Å². The molecule has 0 spiro atoms. The number of carbonyl (C=O) groups excluding carboxylic acids is 2. The van der Waals surface area contributed by atoms with Crippen molar-refractivity contribution in [2.24, 2.45) is 0 Å². The number of halogens is 3. The van der Waals surface area contributed by atoms with E-state index >= 15 is 0 Å². The van der Waals surface area contributed by atoms with Gasteiger partial charge in [0, 0.05) is 44.1 Å². The maximum absolute atomic E-state index is 13.2. The molecule has 3 aromatic rings. The minimum atomic E-state index is -4.85. The van der Waals surface area contributed by atoms with Crippen molar-refractivity contribution in [3.05, 3.63) is 89.5 Å². The fourth-order valence-electron chi connectivity index (χ4n) is 4.87. The Hall–Kier alpha value is -4.36. The fourth-order valence-corrected chi connectivity index (χ4v) is 4.87. The predicted octanol–water partition coefficient (Wildman–Crippen LogP) is 4.73. The molecule has 1 fully saturated rings. The van der Waals surface area contributed by atoms with E-state index in [1.165, 1.54) is 13.0 Å². The molecular weight excluding hydrogens is 521 g/mol. The van der Waals surface area contributed by atoms with Crippen molar-refractivity contribution < 1.29 is 27.5 Å². The van der Waals surface area contributed by atoms with Crippen LogP contribution in [0.2, 0.25) is 0 Å². The molecule has 1 saturated heterocycles. The molecule has 2 atom stereocenters. The number of rotatable bonds is 8. The van der Waals surface area contributed by atoms with Gasteiger partial charge in [-0.05, 0) is 47.4 Å². The van der Waals surface area contributed by atoms with E-state index in [0.29, 0.717) is 36.2 Å². The topological polar surface area (TPSA) is 94.5 Å². The molecule has 0 bridgehead atoms. The van der Waals surface area contributed by atoms with Gasteiger partial charge in [-0.2, -0.15) is 5.26 Å². The van der Waals surface area contributed by atoms with E-state index in [0.717, 1.165) is 11.1 Å². The Bertz CT molecular complexity index is 1370. The van der Waals surface area contributed by atoms with Crippen molar-refractivity contribution in [1.29, 1.82) is 5.26 Å². The SMILES string of the molecule is CC(=O)NCC(=O)N1CC[C@H](NCc2cc(-c3ccc(C#N)cc3)ccc2OC(F)(F)F)[C@H](c2ccccc2)C1. The smallest absolute Gasteiger partial charge is 0.405 e. The number of alkyl halides is 3. The molecule has 208 valence electrons. The average Bonchev–Trinajstić information content (AvgIpc) is 2.95. The Morgan fingerprint density at radius 3 is 2.40 bits per heavy atom. The Labute approximate surface area is 230 Å². The van der Waals surface area contributed by atoms with Gasteiger partial charge in [-0.25, -0.2) is 0 Å². The number of ether oxygens (including phenoxy) is 1. The summed E-state index contributed by atoms with van der Waals surface area (Å²) in [6.45, 7) is 2.20. The highest BCUT2D eigenvalue weighted by Crippen LogP contribution is 2.33. The zero-order valence-electron chi connectivity index (χ0n) is 21.9. The number of benzene rings is 3. The van der Waals surface area contributed by atoms with Crippen molar-refractivity contribution in [3.63, 3.8) is 0 Å². The van der Waals surface area contributed by atoms with Crippen LogP contribution in [0.4, 0.5) is 13.2 Å². The third kappa shape index (κ3) is 7.61. The first-order chi connectivity index (χ1) is 19.1. The van der Waals surface area contributed by atoms with Crippen molar-refractivity contribution in [1.82, 2.24) is 15.5 Å². The van der Waals surface area contributed by atoms with Crippen LogP contribution in [0.25, 0.3) is 11.1 Å². The van der Waals surface area contributed by atoms with E-state index in [-0.39, 0.29) is 42.6 Å². The average molecular weight is 551 g/mol. The van der Waals surface area contributed by atoms with Crippen LogP contribution in [-0.4, -0.2) is 48.8 Å². The zero-order chi connectivity index (χ0) is 28.7. The number of hydrogen-bond acceptors (Lipinski definition) is 5. The number of amides is 2. The second-order valence-electron chi connectivity index (χ2n) is 9.60. The lowest BCUT2D eigenvalue weighted by molar-refractivity contribution is -0.274. The van der Waals surface area contributed by atoms with E-state index in [1.54, 1.807) is 41.3 Å². The molecule has 0 saturated carbocycles. The molecule has 1 heterocycles. The van der Waals surface area contributed by atoms with Crippen LogP contribution in [0.15, 0.2) is 72.8 Å². The van der Waals surface area contributed by atoms with Crippen LogP contribution in [0, 0.1) is 11.3 Å². The van der Waals surface area contributed by atoms with Crippen LogP contribution in [0.3, 0.4) is 0 Å². The number of piperidine rings is 1. The van der Waals surface area contributed by atoms with Gasteiger partial charge in [0.15, 0.2) is 0 Å². The summed E-state index contributed by atoms with van der Waals surface area (Å²) in [5.74, 6) is -0.892. The van der Waals surface area contributed by atoms with E-state index < -0.39 is 6.36 Å². The second-order valence-corrected chi connectivity index (χ2v) is 9.60. The standard InChI is InChI=1S/C30H29F3N4O3/c1-20(38)35-18-29(39)37-14-13-27(26(19-37)23-5-3-2-4-6-23)36-17-25-15-24(11-12-28(25)40-30(31,32)33)22-9-7-21(16-34)8-10-22/h2-12,15,26-27,36H,13-14,17-19H2,1H3,(H,35,38)/t26-,27-/m0/s1. The fraction of sp³-hybridized carbons (Fsp3) is 0.300. The first-order valence-electron chi connectivity index (χ1n) is 12.8. The predicted molar refractivity (Wildman–Crippen MR) is 143 cm³/mol. The van der Waals surface area contributed by atoms with Crippen molar-refractivity contribution in [2.45, 2.75) is 38.2 Å². The summed E-state index contributed by atoms with van der Waals surface area (Å²) in [7, 11) is 0. The lowest BCUT2D eigenvalue weighted by Crippen LogP contribution is -2.51. The third-order valence-electron chi connectivity index (χ3n) is 6.87. The van der Waals surface area contributed by atoms with Crippen LogP contribution >= 0.6 is 0 Å². The number of nitrogens with zero attached hydrogens (tertiary/aromatic N) is 2. The molecular formula is C30H29F3N4O3. The summed E-state index contributed by atoms with van der Waals surface area (Å²) < 4.78 is 43.9. The van der Waals surface area contributed by atoms with Crippen LogP contribution in [-0.2, 0) is 16.1 Å². The normalized spacial score (nSPS) is 17.1. The summed E-state index contributed by atoms with van der Waals surface area (Å²) in [6.07, 6.45) is -4.28. The summed E-state index contributed by atoms with van der Waals surface area (Å²) in [5, 5.41) is 15.0. The van der Waals surface area contributed by atoms with Gasteiger partial charge in [-0.15, -0.1) is 13.2 Å². The molecule has 1 aliphatic heterocycles. The lowest BCUT2D eigenvalue weighted by Gasteiger charge is -2.39. The third-order valence-corrected chi connectivity index (χ3v) is 6.87. The number of hydrogen-bond donors (Lipinski definition) is 2. The first-order valence-corrected chi connectivity index (χ1v) is 12.8. The molecule has 0 aliphatic carbocycles. The quantitative estimate of drug-likeness (QED) is 0.423. The van der Waals surface area contributed by atoms with Gasteiger partial charge in [0.1, 0.15) is 5.75 Å². The molecule has 2 amide bonds. The van der Waals surface area contributed by atoms with E-state index in [9.17, 15) is 22.8 Å². The van der Waals surface area contributed by atoms with Crippen LogP contribution in [0.5, 0.6) is 5.75 Å². The van der Waals surface area contributed by atoms with Gasteiger partial charge in [0.05, 0.1) is 18.2 Å². The van der Waals surface area contributed by atoms with Gasteiger partial charge in [0.2, 0.25) is 11.8 Å². The Balaban J connectivity index is 1.57. The highest BCUT2D eigenvalue weighted by Gasteiger charge is 2.34. The maximum Gasteiger partial charge on any atom is 0.573 e. The largest absolute Gasteiger partial charge is 0.573 e. The first kappa shape index (κ1) is 28.6. The molecule has 3 aromatic carbocycles. The van der Waals surface area contributed by atoms with Gasteiger partial charge in [0.25, 0.3) is 0 Å². The zero-order valence-corrected chi connectivity index (χ0v) is 21.9. The second kappa shape index (κ2) is 12.7. The van der Waals surface area contributed by atoms with Gasteiger partial charge >= 0.3 is 6.36 Å². The molecule has 0 radical (unpaired) electrons. The Kier molecular flexibility index (Phi) is 9.07. The Morgan fingerprint density at radius 2 is 1.75 bits per heavy atom. The number of nitriles is 1. The van der Waals surface area contributed by atoms with Crippen molar-refractivity contribution in [3.8, 4) is 22.9 Å². The number of likely N-dealkylation sites (tertiary alicyclic amines) is 1. The highest BCUT2D eigenvalue weighted by molar-refractivity contribution is 5.83. The minimum Gasteiger partial charge on any atom is -0.405 e. The Morgan fingerprint density at radius 1 is 1.05 bits per heavy atom. The molecule has 40 heavy (non-hydrogen) atoms. The summed E-state index contributed by atoms with van der Waals surface area (Å²) in [5.41, 5.74) is 3.25. The molecule has 10 heteroatoms. The van der Waals surface area contributed by atoms with E-state index in [2.05, 4.69) is 21.4 Å². The maximum atomic E-state index is 13.2. The number of carbonyl (C=O) groups is 2. The molecule has 2 N–H and O–H groups in total. The lowest BCUT2D eigenvalue weighted by atomic mass is 9.85. The monoisotopic (exact) mass is 550 g/mol. The molecule has 4 rings (SSSR count). The molecule has 0 aromatic heterocycles. The minimum absolute atomic E-state index is 0.0881. The van der Waals surface area contributed by atoms with Gasteiger partial charge in [-0.1, -0.05) is 48.5 Å². The van der Waals surface area contributed by atoms with Gasteiger partial charge in [-0.3, -0.25) is 9.59 Å². The van der Waals surface area contributed by atoms with E-state index in [1.807, 2.05) is 30.3 Å². The number of nitrogens with one attached hydrogen (secondary N) is 2. The molecule has 7 nitrogen and oxygen atoms in total. The van der Waals surface area contributed by atoms with Crippen molar-refractivity contribution in [2.75, 3.05) is 19.6 Å². The van der Waals surface area contributed by atoms with Gasteiger partial charge < -0.3 is 20.3 Å². The van der Waals surface area contributed by atoms with Crippen LogP contribution < -0.4 is 15.4 Å². The molecule has 0 unspecified atom stereocenters. The highest BCUT2D eigenvalue weighted by atomic mass is 19.4. The summed E-state index contributed by atoms with van der Waals surface area (Å²) in [4.78, 5) is 25.7. The summed E-state index contributed by atoms with van der Waals surface area (Å²) >= 11 is 0.